The lowest BCUT2D eigenvalue weighted by Gasteiger charge is -2.43. The molecule has 1 aromatic carbocycles. The molecule has 4 heterocycles. The minimum Gasteiger partial charge on any atom is -0.312 e. The Bertz CT molecular complexity index is 1170. The van der Waals surface area contributed by atoms with Crippen LogP contribution in [0.5, 0.6) is 0 Å². The molecule has 1 unspecified atom stereocenters. The summed E-state index contributed by atoms with van der Waals surface area (Å²) in [6.45, 7) is 2.27. The van der Waals surface area contributed by atoms with Crippen LogP contribution in [0.25, 0.3) is 10.9 Å². The van der Waals surface area contributed by atoms with Crippen molar-refractivity contribution in [1.29, 1.82) is 0 Å². The molecule has 6 nitrogen and oxygen atoms in total. The summed E-state index contributed by atoms with van der Waals surface area (Å²) in [5.74, 6) is 0.424. The van der Waals surface area contributed by atoms with Crippen molar-refractivity contribution in [2.75, 3.05) is 24.6 Å². The van der Waals surface area contributed by atoms with Crippen molar-refractivity contribution >= 4 is 22.4 Å². The highest BCUT2D eigenvalue weighted by Gasteiger charge is 2.45. The van der Waals surface area contributed by atoms with Crippen LogP contribution in [0.3, 0.4) is 0 Å². The van der Waals surface area contributed by atoms with E-state index in [1.54, 1.807) is 16.8 Å². The van der Waals surface area contributed by atoms with Crippen LogP contribution in [0.4, 0.5) is 14.6 Å². The molecule has 1 aliphatic carbocycles. The number of allylic oxidation sites excluding steroid dienone is 3. The Kier molecular flexibility index (Phi) is 3.86. The second kappa shape index (κ2) is 6.50. The third-order valence-electron chi connectivity index (χ3n) is 6.26. The molecule has 0 saturated carbocycles. The number of benzene rings is 1. The fourth-order valence-electron chi connectivity index (χ4n) is 4.73. The molecule has 4 aliphatic rings. The summed E-state index contributed by atoms with van der Waals surface area (Å²) in [6, 6.07) is 4.92. The number of halogens is 2. The molecule has 1 aromatic heterocycles. The monoisotopic (exact) mass is 408 g/mol. The summed E-state index contributed by atoms with van der Waals surface area (Å²) in [7, 11) is 1.82. The lowest BCUT2D eigenvalue weighted by Crippen LogP contribution is -2.60. The Morgan fingerprint density at radius 1 is 1.23 bits per heavy atom. The molecule has 30 heavy (non-hydrogen) atoms. The zero-order chi connectivity index (χ0) is 20.4. The second-order valence-electron chi connectivity index (χ2n) is 8.14. The lowest BCUT2D eigenvalue weighted by atomic mass is 9.94. The Labute approximate surface area is 172 Å². The van der Waals surface area contributed by atoms with Crippen molar-refractivity contribution in [3.05, 3.63) is 59.2 Å². The molecule has 0 bridgehead atoms. The molecule has 3 aliphatic heterocycles. The van der Waals surface area contributed by atoms with Gasteiger partial charge in [0.05, 0.1) is 35.2 Å². The van der Waals surface area contributed by atoms with Crippen molar-refractivity contribution < 1.29 is 8.78 Å². The van der Waals surface area contributed by atoms with E-state index in [1.807, 2.05) is 19.2 Å². The first-order chi connectivity index (χ1) is 14.6. The molecular formula is C22H22F2N6. The Balaban J connectivity index is 1.61. The van der Waals surface area contributed by atoms with Crippen LogP contribution in [0, 0.1) is 5.82 Å². The van der Waals surface area contributed by atoms with Crippen LogP contribution in [0.15, 0.2) is 58.4 Å². The molecule has 8 heteroatoms. The predicted octanol–water partition coefficient (Wildman–Crippen LogP) is 3.00. The van der Waals surface area contributed by atoms with Gasteiger partial charge >= 0.3 is 0 Å². The molecule has 1 fully saturated rings. The van der Waals surface area contributed by atoms with E-state index in [1.165, 1.54) is 12.1 Å². The fraction of sp³-hybridized carbons (Fsp3) is 0.364. The minimum absolute atomic E-state index is 0.192. The molecule has 1 N–H and O–H groups in total. The van der Waals surface area contributed by atoms with Crippen LogP contribution in [-0.2, 0) is 7.05 Å². The quantitative estimate of drug-likeness (QED) is 0.848. The Morgan fingerprint density at radius 2 is 2.10 bits per heavy atom. The number of nitrogens with zero attached hydrogens (tertiary/aromatic N) is 5. The Morgan fingerprint density at radius 3 is 2.83 bits per heavy atom. The number of hydrogen-bond donors (Lipinski definition) is 1. The molecule has 0 spiro atoms. The highest BCUT2D eigenvalue weighted by molar-refractivity contribution is 6.14. The number of aryl methyl sites for hydroxylation is 1. The van der Waals surface area contributed by atoms with Gasteiger partial charge in [-0.2, -0.15) is 5.10 Å². The minimum atomic E-state index is -0.962. The number of aliphatic imine (C=N–C) groups is 1. The first kappa shape index (κ1) is 17.8. The van der Waals surface area contributed by atoms with E-state index in [0.29, 0.717) is 19.4 Å². The van der Waals surface area contributed by atoms with Gasteiger partial charge in [-0.05, 0) is 43.2 Å². The number of hydrogen-bond acceptors (Lipinski definition) is 5. The molecule has 1 atom stereocenters. The van der Waals surface area contributed by atoms with Crippen molar-refractivity contribution in [2.24, 2.45) is 12.0 Å². The molecule has 0 amide bonds. The fourth-order valence-corrected chi connectivity index (χ4v) is 4.73. The average Bonchev–Trinajstić information content (AvgIpc) is 3.38. The smallest absolute Gasteiger partial charge is 0.182 e. The number of anilines is 1. The van der Waals surface area contributed by atoms with Crippen LogP contribution in [0.2, 0.25) is 0 Å². The summed E-state index contributed by atoms with van der Waals surface area (Å²) in [6.07, 6.45) is 5.96. The van der Waals surface area contributed by atoms with E-state index in [9.17, 15) is 8.78 Å². The predicted molar refractivity (Wildman–Crippen MR) is 112 cm³/mol. The molecule has 154 valence electrons. The number of rotatable bonds is 3. The van der Waals surface area contributed by atoms with Crippen molar-refractivity contribution in [3.8, 4) is 0 Å². The van der Waals surface area contributed by atoms with E-state index in [2.05, 4.69) is 15.3 Å². The maximum atomic E-state index is 14.5. The first-order valence-electron chi connectivity index (χ1n) is 10.3. The van der Waals surface area contributed by atoms with Crippen LogP contribution >= 0.6 is 0 Å². The first-order valence-corrected chi connectivity index (χ1v) is 10.3. The van der Waals surface area contributed by atoms with Gasteiger partial charge in [0.25, 0.3) is 0 Å². The van der Waals surface area contributed by atoms with Gasteiger partial charge in [-0.1, -0.05) is 6.08 Å². The van der Waals surface area contributed by atoms with Crippen molar-refractivity contribution in [2.45, 2.75) is 25.1 Å². The summed E-state index contributed by atoms with van der Waals surface area (Å²) in [5, 5.41) is 13.2. The van der Waals surface area contributed by atoms with Gasteiger partial charge in [-0.15, -0.1) is 0 Å². The van der Waals surface area contributed by atoms with E-state index in [0.717, 1.165) is 52.5 Å². The van der Waals surface area contributed by atoms with Gasteiger partial charge < -0.3 is 5.32 Å². The van der Waals surface area contributed by atoms with Gasteiger partial charge in [0.2, 0.25) is 0 Å². The van der Waals surface area contributed by atoms with Gasteiger partial charge in [-0.25, -0.2) is 13.8 Å². The maximum Gasteiger partial charge on any atom is 0.182 e. The van der Waals surface area contributed by atoms with Crippen LogP contribution in [0.1, 0.15) is 12.8 Å². The standard InChI is InChI=1S/C22H22F2N6/c1-28-19-9-13(23)5-7-17(19)22(27-28)30-21(18-3-2-8-26-18)16-6-4-14(24)10-20(16)29(30)15-11-25-12-15/h2-3,5,7,9-10,14-15,25H,4,6,8,11-12H2,1H3. The molecule has 0 radical (unpaired) electrons. The van der Waals surface area contributed by atoms with E-state index >= 15 is 0 Å². The Hall–Kier alpha value is -3.00. The highest BCUT2D eigenvalue weighted by atomic mass is 19.1. The SMILES string of the molecule is Cn1nc(N2C(C3=NCC=C3)=C3CCC(F)C=C3N2C2CNC2)c2ccc(F)cc21. The van der Waals surface area contributed by atoms with Crippen molar-refractivity contribution in [1.82, 2.24) is 20.1 Å². The van der Waals surface area contributed by atoms with E-state index in [-0.39, 0.29) is 11.9 Å². The summed E-state index contributed by atoms with van der Waals surface area (Å²) in [5.41, 5.74) is 4.61. The number of hydrazine groups is 1. The molecule has 6 rings (SSSR count). The van der Waals surface area contributed by atoms with Crippen LogP contribution in [-0.4, -0.2) is 52.3 Å². The normalized spacial score (nSPS) is 23.9. The third kappa shape index (κ3) is 2.49. The lowest BCUT2D eigenvalue weighted by molar-refractivity contribution is 0.193. The average molecular weight is 408 g/mol. The number of alkyl halides is 1. The van der Waals surface area contributed by atoms with Gasteiger partial charge in [0.1, 0.15) is 12.0 Å². The number of fused-ring (bicyclic) bond motifs is 2. The zero-order valence-corrected chi connectivity index (χ0v) is 16.6. The molecule has 1 saturated heterocycles. The topological polar surface area (TPSA) is 48.7 Å². The summed E-state index contributed by atoms with van der Waals surface area (Å²) < 4.78 is 30.1. The zero-order valence-electron chi connectivity index (χ0n) is 16.6. The largest absolute Gasteiger partial charge is 0.312 e. The summed E-state index contributed by atoms with van der Waals surface area (Å²) >= 11 is 0. The third-order valence-corrected chi connectivity index (χ3v) is 6.26. The molecular weight excluding hydrogens is 386 g/mol. The van der Waals surface area contributed by atoms with Crippen LogP contribution < -0.4 is 10.3 Å². The van der Waals surface area contributed by atoms with Gasteiger partial charge in [0.15, 0.2) is 5.82 Å². The summed E-state index contributed by atoms with van der Waals surface area (Å²) in [4.78, 5) is 4.69. The maximum absolute atomic E-state index is 14.5. The highest BCUT2D eigenvalue weighted by Crippen LogP contribution is 2.45. The van der Waals surface area contributed by atoms with Gasteiger partial charge in [0, 0.05) is 31.1 Å². The van der Waals surface area contributed by atoms with Gasteiger partial charge in [-0.3, -0.25) is 14.7 Å². The number of nitrogens with one attached hydrogen (secondary N) is 1. The van der Waals surface area contributed by atoms with E-state index in [4.69, 9.17) is 10.1 Å². The second-order valence-corrected chi connectivity index (χ2v) is 8.14. The van der Waals surface area contributed by atoms with E-state index < -0.39 is 6.17 Å². The van der Waals surface area contributed by atoms with Crippen molar-refractivity contribution in [3.63, 3.8) is 0 Å². The number of aromatic nitrogens is 2. The molecule has 2 aromatic rings.